The van der Waals surface area contributed by atoms with Crippen LogP contribution in [0.1, 0.15) is 23.5 Å². The summed E-state index contributed by atoms with van der Waals surface area (Å²) in [7, 11) is 1.78. The molecule has 2 amide bonds. The molecule has 0 aliphatic heterocycles. The summed E-state index contributed by atoms with van der Waals surface area (Å²) >= 11 is 7.33. The van der Waals surface area contributed by atoms with Crippen LogP contribution in [-0.2, 0) is 7.05 Å². The Bertz CT molecular complexity index is 592. The van der Waals surface area contributed by atoms with E-state index in [1.807, 2.05) is 32.0 Å². The molecule has 0 aromatic carbocycles. The van der Waals surface area contributed by atoms with Crippen molar-refractivity contribution in [3.05, 3.63) is 33.1 Å². The molecule has 5 nitrogen and oxygen atoms in total. The average Bonchev–Trinajstić information content (AvgIpc) is 2.86. The standard InChI is InChI=1S/C12H15ClN4OS/c1-7-6-11(17(3)16-7)15-12(18)14-8(2)9-4-5-10(13)19-9/h4-6,8H,1-3H3,(H2,14,15,18)/t8-/m0/s1. The summed E-state index contributed by atoms with van der Waals surface area (Å²) in [5.41, 5.74) is 0.857. The van der Waals surface area contributed by atoms with Crippen molar-refractivity contribution in [1.29, 1.82) is 0 Å². The van der Waals surface area contributed by atoms with E-state index >= 15 is 0 Å². The van der Waals surface area contributed by atoms with Gasteiger partial charge in [0.15, 0.2) is 0 Å². The maximum Gasteiger partial charge on any atom is 0.320 e. The number of halogens is 1. The van der Waals surface area contributed by atoms with Crippen LogP contribution in [-0.4, -0.2) is 15.8 Å². The highest BCUT2D eigenvalue weighted by atomic mass is 35.5. The molecule has 0 radical (unpaired) electrons. The summed E-state index contributed by atoms with van der Waals surface area (Å²) in [6, 6.07) is 5.19. The van der Waals surface area contributed by atoms with Gasteiger partial charge in [-0.25, -0.2) is 4.79 Å². The smallest absolute Gasteiger partial charge is 0.320 e. The topological polar surface area (TPSA) is 59.0 Å². The van der Waals surface area contributed by atoms with Gasteiger partial charge >= 0.3 is 6.03 Å². The number of nitrogens with zero attached hydrogens (tertiary/aromatic N) is 2. The molecule has 0 saturated heterocycles. The highest BCUT2D eigenvalue weighted by Crippen LogP contribution is 2.26. The fraction of sp³-hybridized carbons (Fsp3) is 0.333. The summed E-state index contributed by atoms with van der Waals surface area (Å²) in [5.74, 6) is 0.659. The first-order chi connectivity index (χ1) is 8.95. The van der Waals surface area contributed by atoms with E-state index in [0.29, 0.717) is 10.2 Å². The molecule has 1 atom stereocenters. The summed E-state index contributed by atoms with van der Waals surface area (Å²) in [6.07, 6.45) is 0. The van der Waals surface area contributed by atoms with E-state index in [0.717, 1.165) is 10.6 Å². The monoisotopic (exact) mass is 298 g/mol. The van der Waals surface area contributed by atoms with Crippen molar-refractivity contribution < 1.29 is 4.79 Å². The SMILES string of the molecule is Cc1cc(NC(=O)N[C@@H](C)c2ccc(Cl)s2)n(C)n1. The third-order valence-electron chi connectivity index (χ3n) is 2.61. The molecule has 0 spiro atoms. The molecule has 0 saturated carbocycles. The van der Waals surface area contributed by atoms with Crippen molar-refractivity contribution in [2.24, 2.45) is 7.05 Å². The number of aryl methyl sites for hydroxylation is 2. The van der Waals surface area contributed by atoms with Gasteiger partial charge in [0.2, 0.25) is 0 Å². The second-order valence-electron chi connectivity index (χ2n) is 4.26. The number of urea groups is 1. The normalized spacial score (nSPS) is 12.2. The Balaban J connectivity index is 1.96. The van der Waals surface area contributed by atoms with Gasteiger partial charge in [-0.15, -0.1) is 11.3 Å². The average molecular weight is 299 g/mol. The second kappa shape index (κ2) is 5.63. The third kappa shape index (κ3) is 3.48. The van der Waals surface area contributed by atoms with E-state index in [4.69, 9.17) is 11.6 Å². The fourth-order valence-electron chi connectivity index (χ4n) is 1.71. The second-order valence-corrected chi connectivity index (χ2v) is 6.00. The van der Waals surface area contributed by atoms with Crippen LogP contribution in [0.15, 0.2) is 18.2 Å². The number of thiophene rings is 1. The maximum absolute atomic E-state index is 11.9. The van der Waals surface area contributed by atoms with Crippen molar-refractivity contribution in [2.45, 2.75) is 19.9 Å². The van der Waals surface area contributed by atoms with E-state index < -0.39 is 0 Å². The Morgan fingerprint density at radius 1 is 1.53 bits per heavy atom. The van der Waals surface area contributed by atoms with Crippen LogP contribution >= 0.6 is 22.9 Å². The first-order valence-electron chi connectivity index (χ1n) is 5.79. The van der Waals surface area contributed by atoms with Gasteiger partial charge in [-0.2, -0.15) is 5.10 Å². The highest BCUT2D eigenvalue weighted by Gasteiger charge is 2.13. The largest absolute Gasteiger partial charge is 0.330 e. The van der Waals surface area contributed by atoms with Crippen molar-refractivity contribution in [3.8, 4) is 0 Å². The molecular formula is C12H15ClN4OS. The van der Waals surface area contributed by atoms with Gasteiger partial charge in [-0.1, -0.05) is 11.6 Å². The lowest BCUT2D eigenvalue weighted by molar-refractivity contribution is 0.249. The number of hydrogen-bond acceptors (Lipinski definition) is 3. The Hall–Kier alpha value is -1.53. The zero-order valence-corrected chi connectivity index (χ0v) is 12.5. The molecule has 0 fully saturated rings. The molecule has 19 heavy (non-hydrogen) atoms. The Kier molecular flexibility index (Phi) is 4.11. The van der Waals surface area contributed by atoms with Crippen LogP contribution in [0.5, 0.6) is 0 Å². The molecule has 102 valence electrons. The molecule has 2 N–H and O–H groups in total. The van der Waals surface area contributed by atoms with E-state index in [9.17, 15) is 4.79 Å². The summed E-state index contributed by atoms with van der Waals surface area (Å²) in [4.78, 5) is 12.9. The quantitative estimate of drug-likeness (QED) is 0.913. The molecular weight excluding hydrogens is 284 g/mol. The summed E-state index contributed by atoms with van der Waals surface area (Å²) < 4.78 is 2.34. The number of rotatable bonds is 3. The van der Waals surface area contributed by atoms with Gasteiger partial charge < -0.3 is 5.32 Å². The number of anilines is 1. The lowest BCUT2D eigenvalue weighted by Gasteiger charge is -2.13. The maximum atomic E-state index is 11.9. The van der Waals surface area contributed by atoms with Gasteiger partial charge in [0.25, 0.3) is 0 Å². The van der Waals surface area contributed by atoms with Crippen molar-refractivity contribution in [3.63, 3.8) is 0 Å². The first kappa shape index (κ1) is 13.9. The van der Waals surface area contributed by atoms with E-state index in [1.165, 1.54) is 11.3 Å². The number of carbonyl (C=O) groups is 1. The summed E-state index contributed by atoms with van der Waals surface area (Å²) in [5, 5.41) is 9.78. The van der Waals surface area contributed by atoms with Crippen LogP contribution < -0.4 is 10.6 Å². The van der Waals surface area contributed by atoms with Crippen molar-refractivity contribution >= 4 is 34.8 Å². The minimum atomic E-state index is -0.264. The van der Waals surface area contributed by atoms with Gasteiger partial charge in [0.1, 0.15) is 5.82 Å². The first-order valence-corrected chi connectivity index (χ1v) is 6.98. The van der Waals surface area contributed by atoms with Gasteiger partial charge in [-0.05, 0) is 26.0 Å². The molecule has 2 aromatic heterocycles. The van der Waals surface area contributed by atoms with E-state index in [-0.39, 0.29) is 12.1 Å². The molecule has 0 aliphatic rings. The number of hydrogen-bond donors (Lipinski definition) is 2. The number of nitrogens with one attached hydrogen (secondary N) is 2. The Morgan fingerprint density at radius 2 is 2.26 bits per heavy atom. The van der Waals surface area contributed by atoms with Gasteiger partial charge in [0, 0.05) is 18.0 Å². The van der Waals surface area contributed by atoms with Crippen LogP contribution in [0.2, 0.25) is 4.34 Å². The fourth-order valence-corrected chi connectivity index (χ4v) is 2.77. The molecule has 7 heteroatoms. The minimum absolute atomic E-state index is 0.0909. The zero-order chi connectivity index (χ0) is 14.0. The predicted octanol–water partition coefficient (Wildman–Crippen LogP) is 3.33. The number of aromatic nitrogens is 2. The van der Waals surface area contributed by atoms with E-state index in [2.05, 4.69) is 15.7 Å². The van der Waals surface area contributed by atoms with Crippen LogP contribution in [0, 0.1) is 6.92 Å². The molecule has 2 aromatic rings. The number of carbonyl (C=O) groups excluding carboxylic acids is 1. The molecule has 0 aliphatic carbocycles. The minimum Gasteiger partial charge on any atom is -0.330 e. The Morgan fingerprint density at radius 3 is 2.79 bits per heavy atom. The molecule has 2 heterocycles. The van der Waals surface area contributed by atoms with E-state index in [1.54, 1.807) is 11.7 Å². The highest BCUT2D eigenvalue weighted by molar-refractivity contribution is 7.16. The van der Waals surface area contributed by atoms with Crippen molar-refractivity contribution in [1.82, 2.24) is 15.1 Å². The van der Waals surface area contributed by atoms with Gasteiger partial charge in [-0.3, -0.25) is 10.00 Å². The van der Waals surface area contributed by atoms with Crippen LogP contribution in [0.3, 0.4) is 0 Å². The van der Waals surface area contributed by atoms with Gasteiger partial charge in [0.05, 0.1) is 16.1 Å². The lowest BCUT2D eigenvalue weighted by atomic mass is 10.3. The molecule has 2 rings (SSSR count). The lowest BCUT2D eigenvalue weighted by Crippen LogP contribution is -2.31. The van der Waals surface area contributed by atoms with Crippen LogP contribution in [0.25, 0.3) is 0 Å². The summed E-state index contributed by atoms with van der Waals surface area (Å²) in [6.45, 7) is 3.79. The number of amides is 2. The Labute approximate surface area is 120 Å². The zero-order valence-electron chi connectivity index (χ0n) is 10.9. The molecule has 0 unspecified atom stereocenters. The third-order valence-corrected chi connectivity index (χ3v) is 4.03. The van der Waals surface area contributed by atoms with Crippen molar-refractivity contribution in [2.75, 3.05) is 5.32 Å². The molecule has 0 bridgehead atoms. The predicted molar refractivity (Wildman–Crippen MR) is 77.8 cm³/mol. The van der Waals surface area contributed by atoms with Crippen LogP contribution in [0.4, 0.5) is 10.6 Å².